The Balaban J connectivity index is 1.91. The van der Waals surface area contributed by atoms with Crippen molar-refractivity contribution in [2.75, 3.05) is 17.1 Å². The maximum absolute atomic E-state index is 13.6. The topological polar surface area (TPSA) is 86.8 Å². The van der Waals surface area contributed by atoms with E-state index in [4.69, 9.17) is 34.8 Å². The third-order valence-electron chi connectivity index (χ3n) is 6.30. The molecule has 2 aromatic rings. The Kier molecular flexibility index (Phi) is 9.92. The van der Waals surface area contributed by atoms with Crippen LogP contribution in [0.1, 0.15) is 44.6 Å². The molecule has 36 heavy (non-hydrogen) atoms. The van der Waals surface area contributed by atoms with Gasteiger partial charge in [0.15, 0.2) is 0 Å². The molecule has 0 spiro atoms. The molecule has 7 nitrogen and oxygen atoms in total. The highest BCUT2D eigenvalue weighted by atomic mass is 35.5. The summed E-state index contributed by atoms with van der Waals surface area (Å²) >= 11 is 18.7. The van der Waals surface area contributed by atoms with Crippen LogP contribution in [0.3, 0.4) is 0 Å². The highest BCUT2D eigenvalue weighted by Gasteiger charge is 2.32. The molecule has 1 aliphatic carbocycles. The monoisotopic (exact) mass is 573 g/mol. The predicted octanol–water partition coefficient (Wildman–Crippen LogP) is 5.28. The van der Waals surface area contributed by atoms with E-state index < -0.39 is 28.5 Å². The van der Waals surface area contributed by atoms with Crippen LogP contribution in [0.4, 0.5) is 5.69 Å². The Bertz CT molecular complexity index is 1200. The van der Waals surface area contributed by atoms with Gasteiger partial charge in [0.1, 0.15) is 12.6 Å². The number of sulfonamides is 1. The fraction of sp³-hybridized carbons (Fsp3) is 0.440. The van der Waals surface area contributed by atoms with Crippen molar-refractivity contribution < 1.29 is 18.0 Å². The molecule has 3 rings (SSSR count). The summed E-state index contributed by atoms with van der Waals surface area (Å²) in [6, 6.07) is 10.7. The van der Waals surface area contributed by atoms with Crippen LogP contribution in [0.25, 0.3) is 0 Å². The number of nitrogens with zero attached hydrogens (tertiary/aromatic N) is 2. The van der Waals surface area contributed by atoms with Crippen molar-refractivity contribution in [1.82, 2.24) is 10.2 Å². The second-order valence-electron chi connectivity index (χ2n) is 8.98. The zero-order valence-electron chi connectivity index (χ0n) is 20.2. The van der Waals surface area contributed by atoms with Gasteiger partial charge < -0.3 is 10.2 Å². The molecule has 2 aromatic carbocycles. The average molecular weight is 575 g/mol. The van der Waals surface area contributed by atoms with Crippen LogP contribution in [0.15, 0.2) is 42.5 Å². The molecule has 0 unspecified atom stereocenters. The molecule has 0 saturated heterocycles. The number of anilines is 1. The van der Waals surface area contributed by atoms with E-state index in [0.29, 0.717) is 10.6 Å². The van der Waals surface area contributed by atoms with Crippen molar-refractivity contribution in [3.63, 3.8) is 0 Å². The molecule has 196 valence electrons. The second kappa shape index (κ2) is 12.5. The van der Waals surface area contributed by atoms with Gasteiger partial charge in [-0.15, -0.1) is 0 Å². The molecule has 0 aliphatic heterocycles. The molecule has 0 heterocycles. The first-order valence-corrected chi connectivity index (χ1v) is 14.7. The maximum Gasteiger partial charge on any atom is 0.244 e. The Morgan fingerprint density at radius 2 is 1.64 bits per heavy atom. The highest BCUT2D eigenvalue weighted by Crippen LogP contribution is 2.34. The van der Waals surface area contributed by atoms with Crippen molar-refractivity contribution in [2.45, 2.75) is 57.7 Å². The van der Waals surface area contributed by atoms with E-state index >= 15 is 0 Å². The van der Waals surface area contributed by atoms with E-state index in [9.17, 15) is 18.0 Å². The number of amides is 2. The molecule has 1 saturated carbocycles. The van der Waals surface area contributed by atoms with Gasteiger partial charge in [-0.25, -0.2) is 8.42 Å². The van der Waals surface area contributed by atoms with Crippen molar-refractivity contribution in [1.29, 1.82) is 0 Å². The van der Waals surface area contributed by atoms with Crippen molar-refractivity contribution in [3.05, 3.63) is 63.1 Å². The quantitative estimate of drug-likeness (QED) is 0.442. The Morgan fingerprint density at radius 1 is 1.00 bits per heavy atom. The number of rotatable bonds is 9. The van der Waals surface area contributed by atoms with E-state index in [0.717, 1.165) is 42.7 Å². The molecule has 0 bridgehead atoms. The van der Waals surface area contributed by atoms with Crippen LogP contribution in [0.5, 0.6) is 0 Å². The molecule has 2 amide bonds. The van der Waals surface area contributed by atoms with Gasteiger partial charge >= 0.3 is 0 Å². The third-order valence-corrected chi connectivity index (χ3v) is 8.60. The summed E-state index contributed by atoms with van der Waals surface area (Å²) in [7, 11) is -3.92. The standard InChI is InChI=1S/C25H30Cl3N3O4S/c1-17(25(33)29-19-10-4-3-5-11-19)30(15-18-9-6-7-12-20(18)26)23(32)16-31(36(2,34)35)22-14-8-13-21(27)24(22)28/h6-9,12-14,17,19H,3-5,10-11,15-16H2,1-2H3,(H,29,33)/t17-/m0/s1. The average Bonchev–Trinajstić information content (AvgIpc) is 2.83. The Morgan fingerprint density at radius 3 is 2.28 bits per heavy atom. The van der Waals surface area contributed by atoms with Crippen molar-refractivity contribution in [3.8, 4) is 0 Å². The number of hydrogen-bond acceptors (Lipinski definition) is 4. The summed E-state index contributed by atoms with van der Waals surface area (Å²) in [4.78, 5) is 28.2. The first-order chi connectivity index (χ1) is 17.0. The number of benzene rings is 2. The van der Waals surface area contributed by atoms with Crippen LogP contribution in [0.2, 0.25) is 15.1 Å². The summed E-state index contributed by atoms with van der Waals surface area (Å²) in [5, 5.41) is 3.66. The zero-order valence-corrected chi connectivity index (χ0v) is 23.3. The molecule has 0 aromatic heterocycles. The minimum Gasteiger partial charge on any atom is -0.352 e. The fourth-order valence-corrected chi connectivity index (χ4v) is 5.74. The van der Waals surface area contributed by atoms with E-state index in [1.54, 1.807) is 37.3 Å². The van der Waals surface area contributed by atoms with Crippen LogP contribution >= 0.6 is 34.8 Å². The minimum absolute atomic E-state index is 0.0122. The first-order valence-electron chi connectivity index (χ1n) is 11.7. The third kappa shape index (κ3) is 7.28. The summed E-state index contributed by atoms with van der Waals surface area (Å²) in [6.45, 7) is 1.09. The fourth-order valence-electron chi connectivity index (χ4n) is 4.24. The zero-order chi connectivity index (χ0) is 26.5. The van der Waals surface area contributed by atoms with Gasteiger partial charge in [-0.05, 0) is 43.5 Å². The van der Waals surface area contributed by atoms with Crippen LogP contribution in [-0.4, -0.2) is 50.0 Å². The van der Waals surface area contributed by atoms with Gasteiger partial charge in [-0.1, -0.05) is 78.3 Å². The lowest BCUT2D eigenvalue weighted by Gasteiger charge is -2.33. The number of hydrogen-bond donors (Lipinski definition) is 1. The van der Waals surface area contributed by atoms with Gasteiger partial charge in [0.05, 0.1) is 22.0 Å². The summed E-state index contributed by atoms with van der Waals surface area (Å²) in [5.41, 5.74) is 0.716. The second-order valence-corrected chi connectivity index (χ2v) is 12.1. The van der Waals surface area contributed by atoms with E-state index in [1.165, 1.54) is 17.0 Å². The lowest BCUT2D eigenvalue weighted by molar-refractivity contribution is -0.139. The lowest BCUT2D eigenvalue weighted by atomic mass is 9.95. The van der Waals surface area contributed by atoms with Gasteiger partial charge in [0.2, 0.25) is 21.8 Å². The minimum atomic E-state index is -3.92. The number of carbonyl (C=O) groups excluding carboxylic acids is 2. The van der Waals surface area contributed by atoms with E-state index in [1.807, 2.05) is 0 Å². The highest BCUT2D eigenvalue weighted by molar-refractivity contribution is 7.92. The SMILES string of the molecule is C[C@@H](C(=O)NC1CCCCC1)N(Cc1ccccc1Cl)C(=O)CN(c1cccc(Cl)c1Cl)S(C)(=O)=O. The number of halogens is 3. The van der Waals surface area contributed by atoms with Crippen LogP contribution in [-0.2, 0) is 26.2 Å². The van der Waals surface area contributed by atoms with Gasteiger partial charge in [0, 0.05) is 17.6 Å². The molecule has 11 heteroatoms. The molecule has 1 fully saturated rings. The Labute approximate surface area is 227 Å². The van der Waals surface area contributed by atoms with Crippen molar-refractivity contribution in [2.24, 2.45) is 0 Å². The van der Waals surface area contributed by atoms with Gasteiger partial charge in [0.25, 0.3) is 0 Å². The van der Waals surface area contributed by atoms with Gasteiger partial charge in [-0.2, -0.15) is 0 Å². The summed E-state index contributed by atoms with van der Waals surface area (Å²) in [5.74, 6) is -0.878. The van der Waals surface area contributed by atoms with Gasteiger partial charge in [-0.3, -0.25) is 13.9 Å². The molecule has 0 radical (unpaired) electrons. The number of nitrogens with one attached hydrogen (secondary N) is 1. The van der Waals surface area contributed by atoms with Crippen LogP contribution < -0.4 is 9.62 Å². The molecular formula is C25H30Cl3N3O4S. The number of carbonyl (C=O) groups is 2. The molecular weight excluding hydrogens is 545 g/mol. The molecule has 1 N–H and O–H groups in total. The van der Waals surface area contributed by atoms with E-state index in [2.05, 4.69) is 5.32 Å². The molecule has 1 atom stereocenters. The molecule has 1 aliphatic rings. The van der Waals surface area contributed by atoms with Crippen LogP contribution in [0, 0.1) is 0 Å². The predicted molar refractivity (Wildman–Crippen MR) is 145 cm³/mol. The summed E-state index contributed by atoms with van der Waals surface area (Å²) in [6.07, 6.45) is 6.01. The Hall–Kier alpha value is -2.00. The lowest BCUT2D eigenvalue weighted by Crippen LogP contribution is -2.53. The van der Waals surface area contributed by atoms with Crippen molar-refractivity contribution >= 4 is 62.3 Å². The summed E-state index contributed by atoms with van der Waals surface area (Å²) < 4.78 is 26.3. The maximum atomic E-state index is 13.6. The van der Waals surface area contributed by atoms with E-state index in [-0.39, 0.29) is 34.2 Å². The smallest absolute Gasteiger partial charge is 0.244 e. The largest absolute Gasteiger partial charge is 0.352 e. The first kappa shape index (κ1) is 28.6. The normalized spacial score (nSPS) is 15.2.